The number of hydrogen-bond donors (Lipinski definition) is 2. The average molecular weight is 391 g/mol. The molecule has 0 saturated carbocycles. The van der Waals surface area contributed by atoms with E-state index < -0.39 is 5.97 Å². The molecule has 7 heteroatoms. The van der Waals surface area contributed by atoms with Crippen LogP contribution in [0.2, 0.25) is 0 Å². The van der Waals surface area contributed by atoms with Crippen molar-refractivity contribution in [3.63, 3.8) is 0 Å². The van der Waals surface area contributed by atoms with Crippen molar-refractivity contribution in [2.45, 2.75) is 19.3 Å². The summed E-state index contributed by atoms with van der Waals surface area (Å²) in [6.45, 7) is 0.901. The lowest BCUT2D eigenvalue weighted by Gasteiger charge is -2.30. The molecule has 1 aliphatic rings. The zero-order valence-corrected chi connectivity index (χ0v) is 15.8. The molecule has 3 aromatic rings. The van der Waals surface area contributed by atoms with Crippen LogP contribution >= 0.6 is 0 Å². The number of aromatic amines is 1. The van der Waals surface area contributed by atoms with E-state index in [2.05, 4.69) is 10.2 Å². The zero-order valence-electron chi connectivity index (χ0n) is 15.8. The Kier molecular flexibility index (Phi) is 5.12. The second-order valence-electron chi connectivity index (χ2n) is 7.33. The van der Waals surface area contributed by atoms with Crippen molar-refractivity contribution < 1.29 is 14.7 Å². The number of likely N-dealkylation sites (tertiary alicyclic amines) is 1. The second kappa shape index (κ2) is 7.87. The average Bonchev–Trinajstić information content (AvgIpc) is 2.76. The standard InChI is InChI=1S/C22H21N3O4/c26-20-18-7-2-1-6-17(18)19(23-24-20)13-14-4-3-5-16(12-14)21(27)25-10-8-15(9-11-25)22(28)29/h1-7,12,15H,8-11,13H2,(H,24,26)(H,28,29). The van der Waals surface area contributed by atoms with Crippen molar-refractivity contribution in [3.8, 4) is 0 Å². The molecular weight excluding hydrogens is 370 g/mol. The van der Waals surface area contributed by atoms with Crippen LogP contribution in [0.15, 0.2) is 53.3 Å². The number of carbonyl (C=O) groups excluding carboxylic acids is 1. The summed E-state index contributed by atoms with van der Waals surface area (Å²) in [4.78, 5) is 37.6. The van der Waals surface area contributed by atoms with Gasteiger partial charge in [-0.05, 0) is 36.6 Å². The molecule has 29 heavy (non-hydrogen) atoms. The van der Waals surface area contributed by atoms with E-state index in [-0.39, 0.29) is 17.4 Å². The van der Waals surface area contributed by atoms with Gasteiger partial charge in [0, 0.05) is 30.5 Å². The molecule has 0 radical (unpaired) electrons. The van der Waals surface area contributed by atoms with E-state index in [1.54, 1.807) is 17.0 Å². The molecule has 1 amide bonds. The SMILES string of the molecule is O=C(O)C1CCN(C(=O)c2cccc(Cc3n[nH]c(=O)c4ccccc34)c2)CC1. The maximum absolute atomic E-state index is 12.9. The monoisotopic (exact) mass is 391 g/mol. The highest BCUT2D eigenvalue weighted by atomic mass is 16.4. The number of nitrogens with one attached hydrogen (secondary N) is 1. The number of benzene rings is 2. The first-order valence-corrected chi connectivity index (χ1v) is 9.60. The number of amides is 1. The summed E-state index contributed by atoms with van der Waals surface area (Å²) in [6, 6.07) is 14.7. The fraction of sp³-hybridized carbons (Fsp3) is 0.273. The number of rotatable bonds is 4. The normalized spacial score (nSPS) is 14.8. The van der Waals surface area contributed by atoms with E-state index in [1.807, 2.05) is 36.4 Å². The first-order chi connectivity index (χ1) is 14.0. The summed E-state index contributed by atoms with van der Waals surface area (Å²) in [6.07, 6.45) is 1.45. The number of fused-ring (bicyclic) bond motifs is 1. The number of H-pyrrole nitrogens is 1. The Bertz CT molecular complexity index is 1130. The molecule has 1 aliphatic heterocycles. The molecule has 1 fully saturated rings. The molecule has 0 spiro atoms. The summed E-state index contributed by atoms with van der Waals surface area (Å²) >= 11 is 0. The third-order valence-electron chi connectivity index (χ3n) is 5.45. The van der Waals surface area contributed by atoms with Crippen molar-refractivity contribution in [1.29, 1.82) is 0 Å². The minimum absolute atomic E-state index is 0.0880. The molecule has 2 aromatic carbocycles. The van der Waals surface area contributed by atoms with Crippen LogP contribution in [0.25, 0.3) is 10.8 Å². The maximum Gasteiger partial charge on any atom is 0.306 e. The summed E-state index contributed by atoms with van der Waals surface area (Å²) in [5.41, 5.74) is 2.01. The Labute approximate surface area is 167 Å². The number of carboxylic acid groups (broad SMARTS) is 1. The first kappa shape index (κ1) is 18.9. The predicted octanol–water partition coefficient (Wildman–Crippen LogP) is 2.45. The minimum Gasteiger partial charge on any atom is -0.481 e. The third kappa shape index (κ3) is 3.89. The quantitative estimate of drug-likeness (QED) is 0.711. The fourth-order valence-corrected chi connectivity index (χ4v) is 3.83. The van der Waals surface area contributed by atoms with Crippen molar-refractivity contribution in [3.05, 3.63) is 75.7 Å². The van der Waals surface area contributed by atoms with E-state index in [9.17, 15) is 14.4 Å². The van der Waals surface area contributed by atoms with Crippen molar-refractivity contribution in [1.82, 2.24) is 15.1 Å². The number of aromatic nitrogens is 2. The van der Waals surface area contributed by atoms with Crippen LogP contribution in [0, 0.1) is 5.92 Å². The lowest BCUT2D eigenvalue weighted by molar-refractivity contribution is -0.143. The number of nitrogens with zero attached hydrogens (tertiary/aromatic N) is 2. The summed E-state index contributed by atoms with van der Waals surface area (Å²) < 4.78 is 0. The number of aliphatic carboxylic acids is 1. The molecule has 0 atom stereocenters. The predicted molar refractivity (Wildman–Crippen MR) is 108 cm³/mol. The van der Waals surface area contributed by atoms with E-state index in [0.29, 0.717) is 43.3 Å². The molecule has 7 nitrogen and oxygen atoms in total. The van der Waals surface area contributed by atoms with Crippen LogP contribution in [0.3, 0.4) is 0 Å². The molecule has 1 saturated heterocycles. The summed E-state index contributed by atoms with van der Waals surface area (Å²) in [7, 11) is 0. The molecule has 2 N–H and O–H groups in total. The molecule has 0 bridgehead atoms. The van der Waals surface area contributed by atoms with Crippen LogP contribution in [-0.4, -0.2) is 45.2 Å². The van der Waals surface area contributed by atoms with Crippen molar-refractivity contribution in [2.24, 2.45) is 5.92 Å². The lowest BCUT2D eigenvalue weighted by atomic mass is 9.96. The number of piperidine rings is 1. The van der Waals surface area contributed by atoms with Gasteiger partial charge in [-0.3, -0.25) is 14.4 Å². The van der Waals surface area contributed by atoms with Crippen molar-refractivity contribution >= 4 is 22.6 Å². The Hall–Kier alpha value is -3.48. The van der Waals surface area contributed by atoms with Gasteiger partial charge >= 0.3 is 5.97 Å². The van der Waals surface area contributed by atoms with Gasteiger partial charge in [0.2, 0.25) is 0 Å². The summed E-state index contributed by atoms with van der Waals surface area (Å²) in [5.74, 6) is -1.25. The highest BCUT2D eigenvalue weighted by Gasteiger charge is 2.27. The van der Waals surface area contributed by atoms with Gasteiger partial charge in [0.05, 0.1) is 17.0 Å². The largest absolute Gasteiger partial charge is 0.481 e. The number of carbonyl (C=O) groups is 2. The van der Waals surface area contributed by atoms with Gasteiger partial charge < -0.3 is 10.0 Å². The van der Waals surface area contributed by atoms with Gasteiger partial charge in [0.1, 0.15) is 0 Å². The summed E-state index contributed by atoms with van der Waals surface area (Å²) in [5, 5.41) is 17.2. The van der Waals surface area contributed by atoms with Crippen LogP contribution in [0.5, 0.6) is 0 Å². The molecule has 1 aromatic heterocycles. The second-order valence-corrected chi connectivity index (χ2v) is 7.33. The van der Waals surface area contributed by atoms with Gasteiger partial charge in [0.15, 0.2) is 0 Å². The molecule has 2 heterocycles. The van der Waals surface area contributed by atoms with E-state index >= 15 is 0 Å². The topological polar surface area (TPSA) is 103 Å². The smallest absolute Gasteiger partial charge is 0.306 e. The van der Waals surface area contributed by atoms with Crippen LogP contribution in [0.4, 0.5) is 0 Å². The third-order valence-corrected chi connectivity index (χ3v) is 5.45. The fourth-order valence-electron chi connectivity index (χ4n) is 3.83. The molecule has 4 rings (SSSR count). The molecule has 0 unspecified atom stereocenters. The van der Waals surface area contributed by atoms with E-state index in [4.69, 9.17) is 5.11 Å². The van der Waals surface area contributed by atoms with Gasteiger partial charge in [-0.25, -0.2) is 5.10 Å². The van der Waals surface area contributed by atoms with Gasteiger partial charge in [0.25, 0.3) is 11.5 Å². The Morgan fingerprint density at radius 3 is 2.52 bits per heavy atom. The highest BCUT2D eigenvalue weighted by Crippen LogP contribution is 2.21. The molecular formula is C22H21N3O4. The molecule has 0 aliphatic carbocycles. The van der Waals surface area contributed by atoms with E-state index in [1.165, 1.54) is 0 Å². The van der Waals surface area contributed by atoms with Gasteiger partial charge in [-0.15, -0.1) is 0 Å². The Morgan fingerprint density at radius 2 is 1.79 bits per heavy atom. The maximum atomic E-state index is 12.9. The Balaban J connectivity index is 1.54. The lowest BCUT2D eigenvalue weighted by Crippen LogP contribution is -2.40. The Morgan fingerprint density at radius 1 is 1.07 bits per heavy atom. The van der Waals surface area contributed by atoms with Gasteiger partial charge in [-0.1, -0.05) is 30.3 Å². The highest BCUT2D eigenvalue weighted by molar-refractivity contribution is 5.94. The number of hydrogen-bond acceptors (Lipinski definition) is 4. The first-order valence-electron chi connectivity index (χ1n) is 9.60. The van der Waals surface area contributed by atoms with Crippen LogP contribution in [0.1, 0.15) is 34.5 Å². The van der Waals surface area contributed by atoms with Crippen LogP contribution < -0.4 is 5.56 Å². The zero-order chi connectivity index (χ0) is 20.4. The van der Waals surface area contributed by atoms with Gasteiger partial charge in [-0.2, -0.15) is 5.10 Å². The van der Waals surface area contributed by atoms with Crippen molar-refractivity contribution in [2.75, 3.05) is 13.1 Å². The number of carboxylic acids is 1. The minimum atomic E-state index is -0.792. The van der Waals surface area contributed by atoms with E-state index in [0.717, 1.165) is 16.6 Å². The molecule has 148 valence electrons. The van der Waals surface area contributed by atoms with Crippen LogP contribution in [-0.2, 0) is 11.2 Å².